The molecule has 1 heterocycles. The second-order valence-corrected chi connectivity index (χ2v) is 23.8. The number of carboxylic acids is 1. The van der Waals surface area contributed by atoms with Gasteiger partial charge in [-0.25, -0.2) is 4.79 Å². The van der Waals surface area contributed by atoms with Crippen LogP contribution in [0.5, 0.6) is 0 Å². The van der Waals surface area contributed by atoms with E-state index in [0.717, 1.165) is 103 Å². The summed E-state index contributed by atoms with van der Waals surface area (Å²) in [5.74, 6) is -3.14. The second-order valence-electron chi connectivity index (χ2n) is 23.8. The monoisotopic (exact) mass is 1190 g/mol. The first-order valence-corrected chi connectivity index (χ1v) is 34.9. The van der Waals surface area contributed by atoms with Crippen LogP contribution in [-0.4, -0.2) is 89.2 Å². The van der Waals surface area contributed by atoms with Crippen LogP contribution in [0, 0.1) is 0 Å². The molecular formula is C73H126O12. The van der Waals surface area contributed by atoms with E-state index in [9.17, 15) is 34.5 Å². The molecular weight excluding hydrogens is 1070 g/mol. The summed E-state index contributed by atoms with van der Waals surface area (Å²) in [5, 5.41) is 31.7. The first kappa shape index (κ1) is 79.2. The van der Waals surface area contributed by atoms with Gasteiger partial charge in [-0.05, 0) is 89.9 Å². The topological polar surface area (TPSA) is 175 Å². The van der Waals surface area contributed by atoms with Gasteiger partial charge in [0.15, 0.2) is 24.6 Å². The van der Waals surface area contributed by atoms with E-state index >= 15 is 0 Å². The fourth-order valence-corrected chi connectivity index (χ4v) is 10.5. The predicted octanol–water partition coefficient (Wildman–Crippen LogP) is 19.2. The van der Waals surface area contributed by atoms with Crippen LogP contribution in [0.3, 0.4) is 0 Å². The number of esters is 3. The minimum atomic E-state index is -1.91. The lowest BCUT2D eigenvalue weighted by molar-refractivity contribution is -0.301. The van der Waals surface area contributed by atoms with E-state index in [0.29, 0.717) is 19.3 Å². The van der Waals surface area contributed by atoms with Crippen LogP contribution >= 0.6 is 0 Å². The van der Waals surface area contributed by atoms with Gasteiger partial charge in [0, 0.05) is 19.3 Å². The van der Waals surface area contributed by atoms with Gasteiger partial charge in [0.05, 0.1) is 6.61 Å². The fraction of sp³-hybridized carbons (Fsp3) is 0.781. The number of carbonyl (C=O) groups is 4. The molecule has 1 aliphatic rings. The summed E-state index contributed by atoms with van der Waals surface area (Å²) >= 11 is 0. The molecule has 0 radical (unpaired) electrons. The van der Waals surface area contributed by atoms with Gasteiger partial charge < -0.3 is 39.0 Å². The first-order chi connectivity index (χ1) is 41.6. The Balaban J connectivity index is 2.66. The number of hydrogen-bond donors (Lipinski definition) is 3. The van der Waals surface area contributed by atoms with Crippen molar-refractivity contribution in [3.05, 3.63) is 72.9 Å². The molecule has 0 amide bonds. The molecule has 0 saturated carbocycles. The fourth-order valence-electron chi connectivity index (χ4n) is 10.5. The van der Waals surface area contributed by atoms with E-state index in [2.05, 4.69) is 93.7 Å². The molecule has 1 fully saturated rings. The summed E-state index contributed by atoms with van der Waals surface area (Å²) in [6.07, 6.45) is 65.7. The summed E-state index contributed by atoms with van der Waals surface area (Å²) in [6.45, 7) is 5.90. The smallest absolute Gasteiger partial charge is 0.335 e. The normalized spacial score (nSPS) is 17.9. The number of aliphatic carboxylic acids is 1. The van der Waals surface area contributed by atoms with Gasteiger partial charge in [0.25, 0.3) is 0 Å². The van der Waals surface area contributed by atoms with Crippen LogP contribution in [-0.2, 0) is 42.9 Å². The number of hydrogen-bond acceptors (Lipinski definition) is 11. The van der Waals surface area contributed by atoms with Crippen molar-refractivity contribution in [3.8, 4) is 0 Å². The maximum atomic E-state index is 13.2. The summed E-state index contributed by atoms with van der Waals surface area (Å²) in [6, 6.07) is 0. The van der Waals surface area contributed by atoms with E-state index < -0.39 is 67.3 Å². The van der Waals surface area contributed by atoms with Crippen molar-refractivity contribution >= 4 is 23.9 Å². The third-order valence-electron chi connectivity index (χ3n) is 15.8. The third kappa shape index (κ3) is 49.8. The number of unbranched alkanes of at least 4 members (excludes halogenated alkanes) is 34. The lowest BCUT2D eigenvalue weighted by Crippen LogP contribution is -2.61. The molecule has 3 N–H and O–H groups in total. The van der Waals surface area contributed by atoms with E-state index in [1.165, 1.54) is 154 Å². The summed E-state index contributed by atoms with van der Waals surface area (Å²) in [7, 11) is 0. The maximum Gasteiger partial charge on any atom is 0.335 e. The largest absolute Gasteiger partial charge is 0.479 e. The lowest BCUT2D eigenvalue weighted by atomic mass is 9.98. The number of aliphatic hydroxyl groups is 2. The van der Waals surface area contributed by atoms with Gasteiger partial charge in [-0.2, -0.15) is 0 Å². The molecule has 6 unspecified atom stereocenters. The Morgan fingerprint density at radius 2 is 0.741 bits per heavy atom. The molecule has 12 heteroatoms. The van der Waals surface area contributed by atoms with Crippen molar-refractivity contribution in [2.45, 2.75) is 353 Å². The molecule has 1 saturated heterocycles. The van der Waals surface area contributed by atoms with Crippen molar-refractivity contribution < 1.29 is 58.2 Å². The highest BCUT2D eigenvalue weighted by Gasteiger charge is 2.50. The molecule has 85 heavy (non-hydrogen) atoms. The van der Waals surface area contributed by atoms with Crippen molar-refractivity contribution in [1.29, 1.82) is 0 Å². The quantitative estimate of drug-likeness (QED) is 0.0228. The Bertz CT molecular complexity index is 1750. The second kappa shape index (κ2) is 60.4. The zero-order chi connectivity index (χ0) is 61.7. The van der Waals surface area contributed by atoms with Gasteiger partial charge in [-0.3, -0.25) is 14.4 Å². The van der Waals surface area contributed by atoms with E-state index in [1.54, 1.807) is 0 Å². The number of ether oxygens (including phenoxy) is 5. The van der Waals surface area contributed by atoms with Crippen molar-refractivity contribution in [2.24, 2.45) is 0 Å². The average Bonchev–Trinajstić information content (AvgIpc) is 3.46. The summed E-state index contributed by atoms with van der Waals surface area (Å²) < 4.78 is 28.6. The van der Waals surface area contributed by atoms with Crippen LogP contribution in [0.1, 0.15) is 316 Å². The van der Waals surface area contributed by atoms with E-state index in [1.807, 2.05) is 0 Å². The Morgan fingerprint density at radius 1 is 0.400 bits per heavy atom. The summed E-state index contributed by atoms with van der Waals surface area (Å²) in [5.41, 5.74) is 0. The number of rotatable bonds is 60. The third-order valence-corrected chi connectivity index (χ3v) is 15.8. The Kier molecular flexibility index (Phi) is 56.3. The van der Waals surface area contributed by atoms with Crippen LogP contribution in [0.15, 0.2) is 72.9 Å². The number of carbonyl (C=O) groups excluding carboxylic acids is 3. The van der Waals surface area contributed by atoms with Crippen LogP contribution in [0.25, 0.3) is 0 Å². The van der Waals surface area contributed by atoms with Gasteiger partial charge in [0.1, 0.15) is 18.8 Å². The minimum absolute atomic E-state index is 0.0596. The molecule has 0 aromatic heterocycles. The Morgan fingerprint density at radius 3 is 1.15 bits per heavy atom. The molecule has 1 rings (SSSR count). The average molecular weight is 1200 g/mol. The molecule has 0 bridgehead atoms. The number of allylic oxidation sites excluding steroid dienone is 12. The van der Waals surface area contributed by atoms with E-state index in [4.69, 9.17) is 23.7 Å². The Labute approximate surface area is 518 Å². The van der Waals surface area contributed by atoms with Crippen LogP contribution in [0.4, 0.5) is 0 Å². The highest BCUT2D eigenvalue weighted by molar-refractivity contribution is 5.74. The number of aliphatic hydroxyl groups excluding tert-OH is 2. The van der Waals surface area contributed by atoms with Gasteiger partial charge >= 0.3 is 23.9 Å². The highest BCUT2D eigenvalue weighted by atomic mass is 16.7. The lowest BCUT2D eigenvalue weighted by Gasteiger charge is -2.40. The molecule has 490 valence electrons. The standard InChI is InChI=1S/C73H126O12/c1-4-7-10-13-16-19-22-25-28-31-33-36-38-41-44-47-50-53-56-59-65(74)81-62-64(83-66(75)60-57-54-51-48-45-42-40-37-34-32-29-26-23-20-17-14-11-8-5-2)63-82-73-71(69(78)68(77)70(85-73)72(79)80)84-67(76)61-58-55-52-49-46-43-39-35-30-27-24-21-18-15-12-9-6-3/h7,10,16,19,25-26,28-29,33,36,41,44,64,68-71,73,77-78H,4-6,8-9,11-15,17-18,20-24,27,30-32,34-35,37-40,42-43,45-63H2,1-3H3,(H,79,80)/b10-7-,19-16-,28-25-,29-26-,36-33-,44-41-. The molecule has 0 aliphatic carbocycles. The SMILES string of the molecule is CC/C=C\C/C=C\C/C=C\C/C=C\C/C=C\CCCCCC(=O)OCC(COC1OC(C(=O)O)C(O)C(O)C1OC(=O)CCCCCCCCCCCCCCCCCCC)OC(=O)CCCCCCCCCCC/C=C\CCCCCCCC. The predicted molar refractivity (Wildman–Crippen MR) is 349 cm³/mol. The highest BCUT2D eigenvalue weighted by Crippen LogP contribution is 2.27. The first-order valence-electron chi connectivity index (χ1n) is 34.9. The minimum Gasteiger partial charge on any atom is -0.479 e. The summed E-state index contributed by atoms with van der Waals surface area (Å²) in [4.78, 5) is 51.5. The molecule has 0 aromatic rings. The zero-order valence-electron chi connectivity index (χ0n) is 54.3. The van der Waals surface area contributed by atoms with Crippen molar-refractivity contribution in [2.75, 3.05) is 13.2 Å². The van der Waals surface area contributed by atoms with Crippen LogP contribution in [0.2, 0.25) is 0 Å². The van der Waals surface area contributed by atoms with Crippen molar-refractivity contribution in [1.82, 2.24) is 0 Å². The van der Waals surface area contributed by atoms with E-state index in [-0.39, 0.29) is 25.9 Å². The van der Waals surface area contributed by atoms with Gasteiger partial charge in [0.2, 0.25) is 0 Å². The van der Waals surface area contributed by atoms with Gasteiger partial charge in [-0.15, -0.1) is 0 Å². The zero-order valence-corrected chi connectivity index (χ0v) is 54.3. The maximum absolute atomic E-state index is 13.2. The Hall–Kier alpha value is -3.84. The molecule has 0 aromatic carbocycles. The van der Waals surface area contributed by atoms with Crippen molar-refractivity contribution in [3.63, 3.8) is 0 Å². The van der Waals surface area contributed by atoms with Crippen LogP contribution < -0.4 is 0 Å². The molecule has 6 atom stereocenters. The number of carboxylic acid groups (broad SMARTS) is 1. The molecule has 1 aliphatic heterocycles. The molecule has 12 nitrogen and oxygen atoms in total. The molecule has 0 spiro atoms. The van der Waals surface area contributed by atoms with Gasteiger partial charge in [-0.1, -0.05) is 280 Å².